The number of nitrogens with zero attached hydrogens (tertiary/aromatic N) is 2. The van der Waals surface area contributed by atoms with Crippen LogP contribution in [0.1, 0.15) is 30.0 Å². The third kappa shape index (κ3) is 3.97. The lowest BCUT2D eigenvalue weighted by atomic mass is 10.2. The van der Waals surface area contributed by atoms with Gasteiger partial charge in [-0.25, -0.2) is 4.68 Å². The lowest BCUT2D eigenvalue weighted by Crippen LogP contribution is -2.33. The minimum Gasteiger partial charge on any atom is -0.497 e. The number of amides is 1. The van der Waals surface area contributed by atoms with Crippen molar-refractivity contribution in [3.05, 3.63) is 58.0 Å². The maximum absolute atomic E-state index is 12.0. The second kappa shape index (κ2) is 6.64. The number of rotatable bonds is 6. The van der Waals surface area contributed by atoms with Gasteiger partial charge in [-0.3, -0.25) is 9.59 Å². The van der Waals surface area contributed by atoms with E-state index in [4.69, 9.17) is 4.74 Å². The van der Waals surface area contributed by atoms with Gasteiger partial charge in [0.15, 0.2) is 0 Å². The van der Waals surface area contributed by atoms with Crippen molar-refractivity contribution in [3.63, 3.8) is 0 Å². The first-order valence-corrected chi connectivity index (χ1v) is 7.63. The Hall–Kier alpha value is -2.63. The zero-order valence-electron chi connectivity index (χ0n) is 13.0. The Morgan fingerprint density at radius 1 is 1.26 bits per heavy atom. The third-order valence-corrected chi connectivity index (χ3v) is 3.82. The highest BCUT2D eigenvalue weighted by Crippen LogP contribution is 2.38. The predicted molar refractivity (Wildman–Crippen MR) is 85.3 cm³/mol. The van der Waals surface area contributed by atoms with E-state index in [1.54, 1.807) is 13.2 Å². The highest BCUT2D eigenvalue weighted by Gasteiger charge is 2.25. The summed E-state index contributed by atoms with van der Waals surface area (Å²) in [5.74, 6) is 0.986. The summed E-state index contributed by atoms with van der Waals surface area (Å²) in [5.41, 5.74) is 1.60. The maximum atomic E-state index is 12.0. The highest BCUT2D eigenvalue weighted by molar-refractivity contribution is 5.75. The van der Waals surface area contributed by atoms with Crippen molar-refractivity contribution in [2.24, 2.45) is 0 Å². The van der Waals surface area contributed by atoms with Crippen molar-refractivity contribution in [2.75, 3.05) is 7.11 Å². The van der Waals surface area contributed by atoms with Gasteiger partial charge in [-0.1, -0.05) is 12.1 Å². The van der Waals surface area contributed by atoms with Crippen molar-refractivity contribution >= 4 is 5.91 Å². The van der Waals surface area contributed by atoms with Gasteiger partial charge < -0.3 is 10.1 Å². The number of aromatic nitrogens is 2. The molecule has 3 rings (SSSR count). The van der Waals surface area contributed by atoms with Gasteiger partial charge in [-0.15, -0.1) is 0 Å². The Bertz CT molecular complexity index is 748. The fourth-order valence-corrected chi connectivity index (χ4v) is 2.31. The third-order valence-electron chi connectivity index (χ3n) is 3.82. The maximum Gasteiger partial charge on any atom is 0.267 e. The van der Waals surface area contributed by atoms with Crippen LogP contribution in [0.4, 0.5) is 0 Å². The average Bonchev–Trinajstić information content (AvgIpc) is 3.40. The molecule has 1 saturated carbocycles. The van der Waals surface area contributed by atoms with E-state index in [1.165, 1.54) is 10.7 Å². The molecule has 1 heterocycles. The number of benzene rings is 1. The van der Waals surface area contributed by atoms with Crippen LogP contribution in [0.15, 0.2) is 41.2 Å². The molecule has 6 nitrogen and oxygen atoms in total. The van der Waals surface area contributed by atoms with Crippen LogP contribution in [0.3, 0.4) is 0 Å². The van der Waals surface area contributed by atoms with Crippen molar-refractivity contribution in [2.45, 2.75) is 31.8 Å². The summed E-state index contributed by atoms with van der Waals surface area (Å²) in [4.78, 5) is 23.8. The summed E-state index contributed by atoms with van der Waals surface area (Å²) < 4.78 is 6.32. The first-order valence-electron chi connectivity index (χ1n) is 7.63. The summed E-state index contributed by atoms with van der Waals surface area (Å²) in [6.07, 6.45) is 2.21. The lowest BCUT2D eigenvalue weighted by molar-refractivity contribution is -0.122. The van der Waals surface area contributed by atoms with Crippen molar-refractivity contribution < 1.29 is 9.53 Å². The number of hydrogen-bond donors (Lipinski definition) is 1. The molecule has 120 valence electrons. The van der Waals surface area contributed by atoms with Gasteiger partial charge in [0.05, 0.1) is 12.8 Å². The lowest BCUT2D eigenvalue weighted by Gasteiger charge is -2.08. The molecule has 1 N–H and O–H groups in total. The highest BCUT2D eigenvalue weighted by atomic mass is 16.5. The Morgan fingerprint density at radius 2 is 2.00 bits per heavy atom. The molecular formula is C17H19N3O3. The van der Waals surface area contributed by atoms with Crippen LogP contribution in [-0.2, 0) is 17.9 Å². The molecule has 1 aliphatic carbocycles. The SMILES string of the molecule is COc1ccc(CNC(=O)Cn2nc(C3CC3)ccc2=O)cc1. The molecule has 0 spiro atoms. The van der Waals surface area contributed by atoms with Crippen LogP contribution in [0.2, 0.25) is 0 Å². The summed E-state index contributed by atoms with van der Waals surface area (Å²) in [5, 5.41) is 7.08. The van der Waals surface area contributed by atoms with Crippen molar-refractivity contribution in [1.82, 2.24) is 15.1 Å². The van der Waals surface area contributed by atoms with Crippen molar-refractivity contribution in [3.8, 4) is 5.75 Å². The molecule has 0 saturated heterocycles. The Morgan fingerprint density at radius 3 is 2.65 bits per heavy atom. The van der Waals surface area contributed by atoms with E-state index in [2.05, 4.69) is 10.4 Å². The minimum absolute atomic E-state index is 0.0600. The van der Waals surface area contributed by atoms with Crippen LogP contribution in [-0.4, -0.2) is 22.8 Å². The van der Waals surface area contributed by atoms with E-state index in [9.17, 15) is 9.59 Å². The predicted octanol–water partition coefficient (Wildman–Crippen LogP) is 1.45. The van der Waals surface area contributed by atoms with E-state index in [-0.39, 0.29) is 18.0 Å². The average molecular weight is 313 g/mol. The summed E-state index contributed by atoms with van der Waals surface area (Å²) >= 11 is 0. The Kier molecular flexibility index (Phi) is 4.41. The van der Waals surface area contributed by atoms with Crippen LogP contribution in [0, 0.1) is 0 Å². The molecule has 0 radical (unpaired) electrons. The normalized spacial score (nSPS) is 13.6. The standard InChI is InChI=1S/C17H19N3O3/c1-23-14-6-2-12(3-7-14)10-18-16(21)11-20-17(22)9-8-15(19-20)13-4-5-13/h2-3,6-9,13H,4-5,10-11H2,1H3,(H,18,21). The van der Waals surface area contributed by atoms with Gasteiger partial charge in [0.2, 0.25) is 5.91 Å². The molecule has 6 heteroatoms. The van der Waals surface area contributed by atoms with Gasteiger partial charge >= 0.3 is 0 Å². The fourth-order valence-electron chi connectivity index (χ4n) is 2.31. The molecule has 1 aliphatic rings. The molecule has 0 unspecified atom stereocenters. The second-order valence-corrected chi connectivity index (χ2v) is 5.65. The molecular weight excluding hydrogens is 294 g/mol. The zero-order chi connectivity index (χ0) is 16.2. The number of hydrogen-bond acceptors (Lipinski definition) is 4. The monoisotopic (exact) mass is 313 g/mol. The molecule has 2 aromatic rings. The van der Waals surface area contributed by atoms with Crippen LogP contribution in [0.25, 0.3) is 0 Å². The quantitative estimate of drug-likeness (QED) is 0.876. The molecule has 1 fully saturated rings. The molecule has 1 aromatic heterocycles. The van der Waals surface area contributed by atoms with Gasteiger partial charge in [-0.05, 0) is 36.6 Å². The van der Waals surface area contributed by atoms with Gasteiger partial charge in [0.25, 0.3) is 5.56 Å². The Labute approximate surface area is 134 Å². The molecule has 0 bridgehead atoms. The fraction of sp³-hybridized carbons (Fsp3) is 0.353. The smallest absolute Gasteiger partial charge is 0.267 e. The van der Waals surface area contributed by atoms with E-state index < -0.39 is 0 Å². The van der Waals surface area contributed by atoms with Crippen molar-refractivity contribution in [1.29, 1.82) is 0 Å². The van der Waals surface area contributed by atoms with Gasteiger partial charge in [0, 0.05) is 18.5 Å². The molecule has 1 aromatic carbocycles. The molecule has 0 atom stereocenters. The number of methoxy groups -OCH3 is 1. The molecule has 1 amide bonds. The zero-order valence-corrected chi connectivity index (χ0v) is 13.0. The number of carbonyl (C=O) groups excluding carboxylic acids is 1. The first kappa shape index (κ1) is 15.3. The van der Waals surface area contributed by atoms with Crippen LogP contribution in [0.5, 0.6) is 5.75 Å². The molecule has 0 aliphatic heterocycles. The van der Waals surface area contributed by atoms with Gasteiger partial charge in [0.1, 0.15) is 12.3 Å². The topological polar surface area (TPSA) is 73.2 Å². The summed E-state index contributed by atoms with van der Waals surface area (Å²) in [6, 6.07) is 10.7. The number of nitrogens with one attached hydrogen (secondary N) is 1. The van der Waals surface area contributed by atoms with E-state index in [0.29, 0.717) is 12.5 Å². The van der Waals surface area contributed by atoms with Gasteiger partial charge in [-0.2, -0.15) is 5.10 Å². The summed E-state index contributed by atoms with van der Waals surface area (Å²) in [6.45, 7) is 0.343. The minimum atomic E-state index is -0.256. The second-order valence-electron chi connectivity index (χ2n) is 5.65. The summed E-state index contributed by atoms with van der Waals surface area (Å²) in [7, 11) is 1.61. The largest absolute Gasteiger partial charge is 0.497 e. The van der Waals surface area contributed by atoms with E-state index in [0.717, 1.165) is 29.8 Å². The first-order chi connectivity index (χ1) is 11.2. The number of ether oxygens (including phenoxy) is 1. The molecule has 23 heavy (non-hydrogen) atoms. The number of carbonyl (C=O) groups is 1. The Balaban J connectivity index is 1.58. The van der Waals surface area contributed by atoms with Crippen LogP contribution >= 0.6 is 0 Å². The van der Waals surface area contributed by atoms with E-state index in [1.807, 2.05) is 24.3 Å². The van der Waals surface area contributed by atoms with Crippen LogP contribution < -0.4 is 15.6 Å². The van der Waals surface area contributed by atoms with E-state index >= 15 is 0 Å².